The first-order chi connectivity index (χ1) is 13.1. The number of carbonyl (C=O) groups excluding carboxylic acids is 1. The molecule has 7 nitrogen and oxygen atoms in total. The number of hydrogen-bond acceptors (Lipinski definition) is 4. The van der Waals surface area contributed by atoms with Gasteiger partial charge in [-0.25, -0.2) is 4.98 Å². The number of amides is 1. The third-order valence-electron chi connectivity index (χ3n) is 6.10. The number of aryl methyl sites for hydroxylation is 1. The maximum atomic E-state index is 13.2. The summed E-state index contributed by atoms with van der Waals surface area (Å²) in [6.45, 7) is 5.51. The van der Waals surface area contributed by atoms with E-state index in [4.69, 9.17) is 0 Å². The molecule has 0 aromatic carbocycles. The Labute approximate surface area is 159 Å². The van der Waals surface area contributed by atoms with Crippen molar-refractivity contribution in [2.24, 2.45) is 5.41 Å². The fourth-order valence-corrected chi connectivity index (χ4v) is 4.36. The summed E-state index contributed by atoms with van der Waals surface area (Å²) in [4.78, 5) is 31.7. The molecule has 1 saturated carbocycles. The van der Waals surface area contributed by atoms with Gasteiger partial charge in [0.15, 0.2) is 0 Å². The number of aromatic nitrogens is 3. The van der Waals surface area contributed by atoms with Crippen molar-refractivity contribution in [1.82, 2.24) is 24.3 Å². The molecule has 27 heavy (non-hydrogen) atoms. The van der Waals surface area contributed by atoms with Gasteiger partial charge in [0.1, 0.15) is 12.4 Å². The fraction of sp³-hybridized carbons (Fsp3) is 0.550. The molecular weight excluding hydrogens is 342 g/mol. The molecular formula is C20H27N5O2. The summed E-state index contributed by atoms with van der Waals surface area (Å²) in [5.41, 5.74) is 0.0971. The summed E-state index contributed by atoms with van der Waals surface area (Å²) >= 11 is 0. The Bertz CT molecular complexity index is 865. The van der Waals surface area contributed by atoms with E-state index in [0.717, 1.165) is 44.7 Å². The van der Waals surface area contributed by atoms with Crippen molar-refractivity contribution in [3.63, 3.8) is 0 Å². The van der Waals surface area contributed by atoms with Gasteiger partial charge in [-0.15, -0.1) is 0 Å². The summed E-state index contributed by atoms with van der Waals surface area (Å²) in [6.07, 6.45) is 8.68. The minimum absolute atomic E-state index is 0.00522. The predicted molar refractivity (Wildman–Crippen MR) is 102 cm³/mol. The van der Waals surface area contributed by atoms with Crippen LogP contribution in [0.5, 0.6) is 0 Å². The van der Waals surface area contributed by atoms with Gasteiger partial charge in [0.05, 0.1) is 6.54 Å². The number of imidazole rings is 1. The van der Waals surface area contributed by atoms with E-state index in [9.17, 15) is 9.59 Å². The Morgan fingerprint density at radius 1 is 1.30 bits per heavy atom. The molecule has 2 aromatic heterocycles. The maximum absolute atomic E-state index is 13.2. The van der Waals surface area contributed by atoms with E-state index in [-0.39, 0.29) is 29.5 Å². The molecule has 1 N–H and O–H groups in total. The molecule has 1 amide bonds. The van der Waals surface area contributed by atoms with Crippen molar-refractivity contribution in [2.75, 3.05) is 13.1 Å². The summed E-state index contributed by atoms with van der Waals surface area (Å²) in [6, 6.07) is 5.22. The zero-order chi connectivity index (χ0) is 18.9. The van der Waals surface area contributed by atoms with E-state index >= 15 is 0 Å². The largest absolute Gasteiger partial charge is 0.334 e. The second-order valence-electron chi connectivity index (χ2n) is 7.65. The molecule has 1 spiro atoms. The van der Waals surface area contributed by atoms with Crippen molar-refractivity contribution in [3.05, 3.63) is 53.0 Å². The van der Waals surface area contributed by atoms with E-state index in [0.29, 0.717) is 6.54 Å². The van der Waals surface area contributed by atoms with Crippen LogP contribution < -0.4 is 10.9 Å². The predicted octanol–water partition coefficient (Wildman–Crippen LogP) is 1.24. The van der Waals surface area contributed by atoms with E-state index in [2.05, 4.69) is 21.8 Å². The van der Waals surface area contributed by atoms with Crippen LogP contribution in [0, 0.1) is 5.41 Å². The molecule has 1 atom stereocenters. The van der Waals surface area contributed by atoms with Crippen molar-refractivity contribution < 1.29 is 4.79 Å². The van der Waals surface area contributed by atoms with Crippen molar-refractivity contribution in [1.29, 1.82) is 0 Å². The van der Waals surface area contributed by atoms with Crippen LogP contribution in [0.25, 0.3) is 0 Å². The number of pyridine rings is 1. The van der Waals surface area contributed by atoms with Gasteiger partial charge in [0.2, 0.25) is 5.91 Å². The normalized spacial score (nSPS) is 20.6. The first-order valence-corrected chi connectivity index (χ1v) is 9.79. The summed E-state index contributed by atoms with van der Waals surface area (Å²) < 4.78 is 3.56. The average molecular weight is 369 g/mol. The van der Waals surface area contributed by atoms with Crippen LogP contribution in [0.1, 0.15) is 32.0 Å². The number of nitrogens with one attached hydrogen (secondary N) is 1. The Kier molecular flexibility index (Phi) is 4.86. The Morgan fingerprint density at radius 3 is 2.85 bits per heavy atom. The van der Waals surface area contributed by atoms with Crippen LogP contribution in [-0.2, 0) is 24.4 Å². The fourth-order valence-electron chi connectivity index (χ4n) is 4.36. The molecule has 0 bridgehead atoms. The van der Waals surface area contributed by atoms with Gasteiger partial charge >= 0.3 is 0 Å². The summed E-state index contributed by atoms with van der Waals surface area (Å²) in [5.74, 6) is 0.900. The topological polar surface area (TPSA) is 72.2 Å². The van der Waals surface area contributed by atoms with Crippen molar-refractivity contribution >= 4 is 5.91 Å². The number of piperidine rings is 1. The highest BCUT2D eigenvalue weighted by Crippen LogP contribution is 2.56. The van der Waals surface area contributed by atoms with Gasteiger partial charge in [-0.3, -0.25) is 9.59 Å². The number of carbonyl (C=O) groups is 1. The van der Waals surface area contributed by atoms with Gasteiger partial charge in [-0.2, -0.15) is 0 Å². The Morgan fingerprint density at radius 2 is 2.11 bits per heavy atom. The smallest absolute Gasteiger partial charge is 0.250 e. The van der Waals surface area contributed by atoms with Crippen LogP contribution in [0.4, 0.5) is 0 Å². The van der Waals surface area contributed by atoms with Crippen LogP contribution >= 0.6 is 0 Å². The second-order valence-corrected chi connectivity index (χ2v) is 7.65. The zero-order valence-corrected chi connectivity index (χ0v) is 15.8. The second kappa shape index (κ2) is 7.31. The standard InChI is InChI=1S/C20H27N5O2/c1-2-23-12-10-22-17(23)14-25(16-13-20(16)6-8-21-9-7-20)19(27)15-24-11-4-3-5-18(24)26/h3-5,10-12,16,21H,2,6-9,13-15H2,1H3/t16-/m1/s1. The van der Waals surface area contributed by atoms with Crippen molar-refractivity contribution in [3.8, 4) is 0 Å². The molecule has 7 heteroatoms. The molecule has 2 aliphatic rings. The molecule has 1 aliphatic carbocycles. The third kappa shape index (κ3) is 3.56. The Balaban J connectivity index is 1.57. The lowest BCUT2D eigenvalue weighted by Crippen LogP contribution is -2.42. The highest BCUT2D eigenvalue weighted by molar-refractivity contribution is 5.77. The van der Waals surface area contributed by atoms with Crippen LogP contribution in [0.15, 0.2) is 41.6 Å². The highest BCUT2D eigenvalue weighted by atomic mass is 16.2. The number of nitrogens with zero attached hydrogens (tertiary/aromatic N) is 4. The van der Waals surface area contributed by atoms with Crippen LogP contribution in [0.3, 0.4) is 0 Å². The first kappa shape index (κ1) is 18.0. The first-order valence-electron chi connectivity index (χ1n) is 9.79. The van der Waals surface area contributed by atoms with Crippen molar-refractivity contribution in [2.45, 2.75) is 51.9 Å². The van der Waals surface area contributed by atoms with E-state index in [1.54, 1.807) is 24.5 Å². The molecule has 1 aliphatic heterocycles. The molecule has 2 aromatic rings. The minimum atomic E-state index is -0.145. The molecule has 0 radical (unpaired) electrons. The average Bonchev–Trinajstić information content (AvgIpc) is 3.15. The van der Waals surface area contributed by atoms with E-state index in [1.165, 1.54) is 10.6 Å². The molecule has 4 rings (SSSR count). The van der Waals surface area contributed by atoms with Gasteiger partial charge in [0, 0.05) is 37.2 Å². The van der Waals surface area contributed by atoms with Crippen LogP contribution in [0.2, 0.25) is 0 Å². The van der Waals surface area contributed by atoms with E-state index in [1.807, 2.05) is 11.1 Å². The molecule has 3 heterocycles. The lowest BCUT2D eigenvalue weighted by atomic mass is 9.93. The molecule has 0 unspecified atom stereocenters. The zero-order valence-electron chi connectivity index (χ0n) is 15.8. The van der Waals surface area contributed by atoms with Gasteiger partial charge < -0.3 is 19.4 Å². The Hall–Kier alpha value is -2.41. The SMILES string of the molecule is CCn1ccnc1CN(C(=O)Cn1ccccc1=O)[C@@H]1CC12CCNCC2. The highest BCUT2D eigenvalue weighted by Gasteiger charge is 2.57. The monoisotopic (exact) mass is 369 g/mol. The number of rotatable bonds is 6. The van der Waals surface area contributed by atoms with Gasteiger partial charge in [0.25, 0.3) is 5.56 Å². The maximum Gasteiger partial charge on any atom is 0.250 e. The van der Waals surface area contributed by atoms with Crippen LogP contribution in [-0.4, -0.2) is 44.1 Å². The van der Waals surface area contributed by atoms with E-state index < -0.39 is 0 Å². The minimum Gasteiger partial charge on any atom is -0.334 e. The molecule has 2 fully saturated rings. The third-order valence-corrected chi connectivity index (χ3v) is 6.10. The summed E-state index contributed by atoms with van der Waals surface area (Å²) in [7, 11) is 0. The summed E-state index contributed by atoms with van der Waals surface area (Å²) in [5, 5.41) is 3.41. The number of hydrogen-bond donors (Lipinski definition) is 1. The lowest BCUT2D eigenvalue weighted by Gasteiger charge is -2.30. The van der Waals surface area contributed by atoms with Gasteiger partial charge in [-0.1, -0.05) is 6.07 Å². The lowest BCUT2D eigenvalue weighted by molar-refractivity contribution is -0.134. The molecule has 1 saturated heterocycles. The molecule has 144 valence electrons. The van der Waals surface area contributed by atoms with Gasteiger partial charge in [-0.05, 0) is 50.8 Å². The quantitative estimate of drug-likeness (QED) is 0.831.